The van der Waals surface area contributed by atoms with Gasteiger partial charge >= 0.3 is 0 Å². The lowest BCUT2D eigenvalue weighted by Crippen LogP contribution is -2.27. The van der Waals surface area contributed by atoms with Crippen LogP contribution in [-0.2, 0) is 6.54 Å². The van der Waals surface area contributed by atoms with Crippen molar-refractivity contribution in [2.45, 2.75) is 6.54 Å². The second kappa shape index (κ2) is 5.78. The molecule has 0 saturated heterocycles. The highest BCUT2D eigenvalue weighted by atomic mass is 16.3. The molecule has 0 atom stereocenters. The molecule has 25 heavy (non-hydrogen) atoms. The number of nitrogen functional groups attached to an aromatic ring is 1. The SMILES string of the molecule is CN(Cc1ccco1)C(=O)c1cc2nc(-c3ccco3)nn2c(N)n1. The Labute approximate surface area is 141 Å². The Kier molecular flexibility index (Phi) is 3.46. The molecule has 0 aliphatic heterocycles. The molecular formula is C16H14N6O3. The molecule has 0 fully saturated rings. The molecule has 0 aromatic carbocycles. The van der Waals surface area contributed by atoms with Crippen LogP contribution in [0.15, 0.2) is 51.7 Å². The minimum atomic E-state index is -0.298. The molecule has 0 saturated carbocycles. The van der Waals surface area contributed by atoms with E-state index >= 15 is 0 Å². The number of nitrogens with two attached hydrogens (primary N) is 1. The van der Waals surface area contributed by atoms with Crippen molar-refractivity contribution in [2.75, 3.05) is 12.8 Å². The highest BCUT2D eigenvalue weighted by molar-refractivity contribution is 5.93. The molecule has 4 aromatic heterocycles. The maximum absolute atomic E-state index is 12.6. The number of aromatic nitrogens is 4. The summed E-state index contributed by atoms with van der Waals surface area (Å²) in [5.41, 5.74) is 6.52. The summed E-state index contributed by atoms with van der Waals surface area (Å²) in [6, 6.07) is 8.57. The van der Waals surface area contributed by atoms with E-state index in [1.165, 1.54) is 21.7 Å². The number of rotatable bonds is 4. The monoisotopic (exact) mass is 338 g/mol. The third-order valence-electron chi connectivity index (χ3n) is 3.63. The molecule has 0 spiro atoms. The maximum Gasteiger partial charge on any atom is 0.272 e. The second-order valence-electron chi connectivity index (χ2n) is 5.42. The number of carbonyl (C=O) groups excluding carboxylic acids is 1. The molecule has 126 valence electrons. The summed E-state index contributed by atoms with van der Waals surface area (Å²) in [6.45, 7) is 0.322. The minimum absolute atomic E-state index is 0.0672. The topological polar surface area (TPSA) is 116 Å². The van der Waals surface area contributed by atoms with Crippen molar-refractivity contribution in [3.8, 4) is 11.6 Å². The van der Waals surface area contributed by atoms with Crippen molar-refractivity contribution in [3.63, 3.8) is 0 Å². The van der Waals surface area contributed by atoms with Gasteiger partial charge in [0.05, 0.1) is 19.1 Å². The summed E-state index contributed by atoms with van der Waals surface area (Å²) in [4.78, 5) is 22.6. The Morgan fingerprint density at radius 3 is 2.76 bits per heavy atom. The molecule has 4 rings (SSSR count). The lowest BCUT2D eigenvalue weighted by atomic mass is 10.3. The molecule has 1 amide bonds. The predicted molar refractivity (Wildman–Crippen MR) is 87.4 cm³/mol. The van der Waals surface area contributed by atoms with E-state index in [-0.39, 0.29) is 17.5 Å². The summed E-state index contributed by atoms with van der Waals surface area (Å²) < 4.78 is 11.9. The molecule has 0 unspecified atom stereocenters. The zero-order valence-electron chi connectivity index (χ0n) is 13.3. The quantitative estimate of drug-likeness (QED) is 0.603. The van der Waals surface area contributed by atoms with Gasteiger partial charge in [-0.05, 0) is 24.3 Å². The van der Waals surface area contributed by atoms with Crippen LogP contribution in [0.25, 0.3) is 17.2 Å². The predicted octanol–water partition coefficient (Wildman–Crippen LogP) is 1.83. The smallest absolute Gasteiger partial charge is 0.272 e. The van der Waals surface area contributed by atoms with Crippen molar-refractivity contribution in [2.24, 2.45) is 0 Å². The first-order valence-corrected chi connectivity index (χ1v) is 7.47. The van der Waals surface area contributed by atoms with Crippen molar-refractivity contribution < 1.29 is 13.6 Å². The fourth-order valence-electron chi connectivity index (χ4n) is 2.43. The number of anilines is 1. The summed E-state index contributed by atoms with van der Waals surface area (Å²) in [5, 5.41) is 4.25. The van der Waals surface area contributed by atoms with Crippen LogP contribution < -0.4 is 5.73 Å². The first-order valence-electron chi connectivity index (χ1n) is 7.47. The van der Waals surface area contributed by atoms with Gasteiger partial charge in [0.25, 0.3) is 5.91 Å². The van der Waals surface area contributed by atoms with Crippen molar-refractivity contribution in [1.29, 1.82) is 0 Å². The molecule has 0 radical (unpaired) electrons. The Morgan fingerprint density at radius 1 is 1.24 bits per heavy atom. The number of hydrogen-bond acceptors (Lipinski definition) is 7. The summed E-state index contributed by atoms with van der Waals surface area (Å²) in [7, 11) is 1.66. The molecule has 4 heterocycles. The van der Waals surface area contributed by atoms with Crippen LogP contribution in [0.3, 0.4) is 0 Å². The van der Waals surface area contributed by atoms with Gasteiger partial charge in [0.2, 0.25) is 11.8 Å². The zero-order chi connectivity index (χ0) is 17.4. The summed E-state index contributed by atoms with van der Waals surface area (Å²) >= 11 is 0. The Balaban J connectivity index is 1.66. The van der Waals surface area contributed by atoms with Crippen LogP contribution >= 0.6 is 0 Å². The Morgan fingerprint density at radius 2 is 2.04 bits per heavy atom. The van der Waals surface area contributed by atoms with Crippen LogP contribution in [0.1, 0.15) is 16.2 Å². The molecule has 0 aliphatic carbocycles. The van der Waals surface area contributed by atoms with Crippen molar-refractivity contribution >= 4 is 17.5 Å². The molecule has 9 heteroatoms. The van der Waals surface area contributed by atoms with Crippen LogP contribution in [0.5, 0.6) is 0 Å². The van der Waals surface area contributed by atoms with Crippen LogP contribution in [-0.4, -0.2) is 37.4 Å². The van der Waals surface area contributed by atoms with Gasteiger partial charge in [-0.25, -0.2) is 9.97 Å². The highest BCUT2D eigenvalue weighted by Gasteiger charge is 2.19. The van der Waals surface area contributed by atoms with Crippen molar-refractivity contribution in [3.05, 3.63) is 54.3 Å². The van der Waals surface area contributed by atoms with Crippen LogP contribution in [0, 0.1) is 0 Å². The normalized spacial score (nSPS) is 11.1. The van der Waals surface area contributed by atoms with Gasteiger partial charge < -0.3 is 19.5 Å². The van der Waals surface area contributed by atoms with Gasteiger partial charge in [-0.2, -0.15) is 4.52 Å². The van der Waals surface area contributed by atoms with E-state index in [0.717, 1.165) is 0 Å². The van der Waals surface area contributed by atoms with Crippen molar-refractivity contribution in [1.82, 2.24) is 24.5 Å². The van der Waals surface area contributed by atoms with E-state index in [1.54, 1.807) is 37.6 Å². The summed E-state index contributed by atoms with van der Waals surface area (Å²) in [5.74, 6) is 1.32. The number of fused-ring (bicyclic) bond motifs is 1. The number of carbonyl (C=O) groups is 1. The van der Waals surface area contributed by atoms with Gasteiger partial charge in [-0.1, -0.05) is 0 Å². The first-order chi connectivity index (χ1) is 12.1. The zero-order valence-corrected chi connectivity index (χ0v) is 13.3. The van der Waals surface area contributed by atoms with E-state index in [9.17, 15) is 4.79 Å². The molecule has 0 bridgehead atoms. The lowest BCUT2D eigenvalue weighted by Gasteiger charge is -2.15. The van der Waals surface area contributed by atoms with E-state index in [1.807, 2.05) is 0 Å². The van der Waals surface area contributed by atoms with Gasteiger partial charge in [0.15, 0.2) is 11.4 Å². The Hall–Kier alpha value is -3.62. The second-order valence-corrected chi connectivity index (χ2v) is 5.42. The van der Waals surface area contributed by atoms with Crippen LogP contribution in [0.2, 0.25) is 0 Å². The minimum Gasteiger partial charge on any atom is -0.467 e. The van der Waals surface area contributed by atoms with Gasteiger partial charge in [0, 0.05) is 13.1 Å². The molecule has 9 nitrogen and oxygen atoms in total. The Bertz CT molecular complexity index is 1020. The first kappa shape index (κ1) is 14.9. The average molecular weight is 338 g/mol. The lowest BCUT2D eigenvalue weighted by molar-refractivity contribution is 0.0769. The van der Waals surface area contributed by atoms with Crippen LogP contribution in [0.4, 0.5) is 5.95 Å². The third-order valence-corrected chi connectivity index (χ3v) is 3.63. The van der Waals surface area contributed by atoms with Gasteiger partial charge in [0.1, 0.15) is 11.5 Å². The van der Waals surface area contributed by atoms with E-state index in [4.69, 9.17) is 14.6 Å². The summed E-state index contributed by atoms with van der Waals surface area (Å²) in [6.07, 6.45) is 3.09. The number of nitrogens with zero attached hydrogens (tertiary/aromatic N) is 5. The molecule has 2 N–H and O–H groups in total. The maximum atomic E-state index is 12.6. The molecule has 4 aromatic rings. The number of hydrogen-bond donors (Lipinski definition) is 1. The number of furan rings is 2. The third kappa shape index (κ3) is 2.71. The largest absolute Gasteiger partial charge is 0.467 e. The highest BCUT2D eigenvalue weighted by Crippen LogP contribution is 2.18. The van der Waals surface area contributed by atoms with E-state index in [2.05, 4.69) is 15.1 Å². The molecule has 0 aliphatic rings. The number of amides is 1. The van der Waals surface area contributed by atoms with Gasteiger partial charge in [-0.3, -0.25) is 4.79 Å². The van der Waals surface area contributed by atoms with E-state index < -0.39 is 0 Å². The fraction of sp³-hybridized carbons (Fsp3) is 0.125. The standard InChI is InChI=1S/C16H14N6O3/c1-21(9-10-4-2-6-24-10)15(23)11-8-13-19-14(12-5-3-7-25-12)20-22(13)16(17)18-11/h2-8H,9H2,1H3,(H2,17,18). The van der Waals surface area contributed by atoms with E-state index in [0.29, 0.717) is 29.5 Å². The molecular weight excluding hydrogens is 324 g/mol. The average Bonchev–Trinajstić information content (AvgIpc) is 3.34. The van der Waals surface area contributed by atoms with Gasteiger partial charge in [-0.15, -0.1) is 5.10 Å². The fourth-order valence-corrected chi connectivity index (χ4v) is 2.43.